The third kappa shape index (κ3) is 3.91. The third-order valence-corrected chi connectivity index (χ3v) is 1.39. The lowest BCUT2D eigenvalue weighted by atomic mass is 10.1. The van der Waals surface area contributed by atoms with Gasteiger partial charge in [0.25, 0.3) is 0 Å². The molecule has 4 heteroatoms. The zero-order chi connectivity index (χ0) is 9.02. The molecular weight excluding hydrogens is 152 g/mol. The van der Waals surface area contributed by atoms with E-state index >= 15 is 0 Å². The van der Waals surface area contributed by atoms with E-state index in [-0.39, 0.29) is 12.3 Å². The van der Waals surface area contributed by atoms with Gasteiger partial charge in [-0.1, -0.05) is 6.92 Å². The standard InChI is InChI=1S/C7H13F2NO/c1-5(4-6(8)9)7(11)10(2)3/h5-6H,4H2,1-3H3. The van der Waals surface area contributed by atoms with Crippen LogP contribution in [0.2, 0.25) is 0 Å². The summed E-state index contributed by atoms with van der Waals surface area (Å²) in [7, 11) is 3.12. The van der Waals surface area contributed by atoms with Gasteiger partial charge in [0.1, 0.15) is 0 Å². The Labute approximate surface area is 65.2 Å². The van der Waals surface area contributed by atoms with Gasteiger partial charge in [-0.2, -0.15) is 0 Å². The Bertz CT molecular complexity index is 136. The van der Waals surface area contributed by atoms with Gasteiger partial charge in [-0.3, -0.25) is 4.79 Å². The molecule has 1 amide bonds. The van der Waals surface area contributed by atoms with Crippen LogP contribution >= 0.6 is 0 Å². The fraction of sp³-hybridized carbons (Fsp3) is 0.857. The third-order valence-electron chi connectivity index (χ3n) is 1.39. The van der Waals surface area contributed by atoms with Crippen molar-refractivity contribution in [1.29, 1.82) is 0 Å². The van der Waals surface area contributed by atoms with Crippen LogP contribution in [0.4, 0.5) is 8.78 Å². The van der Waals surface area contributed by atoms with E-state index in [1.807, 2.05) is 0 Å². The lowest BCUT2D eigenvalue weighted by Crippen LogP contribution is -2.28. The van der Waals surface area contributed by atoms with E-state index < -0.39 is 12.3 Å². The molecule has 0 heterocycles. The molecule has 66 valence electrons. The number of rotatable bonds is 3. The maximum absolute atomic E-state index is 11.7. The van der Waals surface area contributed by atoms with E-state index in [1.54, 1.807) is 14.1 Å². The molecule has 0 aliphatic rings. The minimum atomic E-state index is -2.39. The first-order valence-electron chi connectivity index (χ1n) is 3.44. The molecule has 0 spiro atoms. The molecule has 1 unspecified atom stereocenters. The van der Waals surface area contributed by atoms with Gasteiger partial charge in [0.2, 0.25) is 12.3 Å². The van der Waals surface area contributed by atoms with Crippen molar-refractivity contribution in [1.82, 2.24) is 4.90 Å². The predicted molar refractivity (Wildman–Crippen MR) is 38.5 cm³/mol. The number of nitrogens with zero attached hydrogens (tertiary/aromatic N) is 1. The molecule has 2 nitrogen and oxygen atoms in total. The highest BCUT2D eigenvalue weighted by Crippen LogP contribution is 2.11. The van der Waals surface area contributed by atoms with Gasteiger partial charge >= 0.3 is 0 Å². The summed E-state index contributed by atoms with van der Waals surface area (Å²) in [6.07, 6.45) is -2.74. The van der Waals surface area contributed by atoms with Crippen molar-refractivity contribution in [2.45, 2.75) is 19.8 Å². The minimum absolute atomic E-state index is 0.245. The van der Waals surface area contributed by atoms with Crippen LogP contribution in [0.3, 0.4) is 0 Å². The van der Waals surface area contributed by atoms with E-state index in [1.165, 1.54) is 11.8 Å². The van der Waals surface area contributed by atoms with Gasteiger partial charge in [0, 0.05) is 26.4 Å². The second-order valence-corrected chi connectivity index (χ2v) is 2.76. The summed E-state index contributed by atoms with van der Waals surface area (Å²) >= 11 is 0. The molecule has 1 atom stereocenters. The van der Waals surface area contributed by atoms with Crippen LogP contribution in [0.25, 0.3) is 0 Å². The average molecular weight is 165 g/mol. The molecular formula is C7H13F2NO. The molecule has 11 heavy (non-hydrogen) atoms. The highest BCUT2D eigenvalue weighted by atomic mass is 19.3. The minimum Gasteiger partial charge on any atom is -0.349 e. The number of alkyl halides is 2. The van der Waals surface area contributed by atoms with Crippen molar-refractivity contribution in [2.24, 2.45) is 5.92 Å². The van der Waals surface area contributed by atoms with Crippen molar-refractivity contribution >= 4 is 5.91 Å². The fourth-order valence-corrected chi connectivity index (χ4v) is 0.809. The predicted octanol–water partition coefficient (Wildman–Crippen LogP) is 1.37. The Balaban J connectivity index is 3.83. The molecule has 0 N–H and O–H groups in total. The highest BCUT2D eigenvalue weighted by molar-refractivity contribution is 5.77. The summed E-state index contributed by atoms with van der Waals surface area (Å²) in [5.41, 5.74) is 0. The summed E-state index contributed by atoms with van der Waals surface area (Å²) in [6, 6.07) is 0. The van der Waals surface area contributed by atoms with Gasteiger partial charge in [-0.25, -0.2) is 8.78 Å². The molecule has 0 aliphatic carbocycles. The molecule has 0 radical (unpaired) electrons. The normalized spacial score (nSPS) is 13.3. The number of carbonyl (C=O) groups is 1. The first kappa shape index (κ1) is 10.3. The summed E-state index contributed by atoms with van der Waals surface area (Å²) < 4.78 is 23.5. The molecule has 0 aromatic rings. The highest BCUT2D eigenvalue weighted by Gasteiger charge is 2.18. The Kier molecular flexibility index (Phi) is 4.00. The van der Waals surface area contributed by atoms with Gasteiger partial charge in [0.15, 0.2) is 0 Å². The summed E-state index contributed by atoms with van der Waals surface area (Å²) in [5, 5.41) is 0. The monoisotopic (exact) mass is 165 g/mol. The largest absolute Gasteiger partial charge is 0.349 e. The van der Waals surface area contributed by atoms with Crippen molar-refractivity contribution in [3.63, 3.8) is 0 Å². The Morgan fingerprint density at radius 2 is 1.91 bits per heavy atom. The molecule has 0 saturated carbocycles. The molecule has 0 aromatic carbocycles. The Hall–Kier alpha value is -0.670. The molecule has 0 bridgehead atoms. The Morgan fingerprint density at radius 3 is 2.18 bits per heavy atom. The first-order valence-corrected chi connectivity index (χ1v) is 3.44. The second kappa shape index (κ2) is 4.26. The van der Waals surface area contributed by atoms with E-state index in [2.05, 4.69) is 0 Å². The maximum atomic E-state index is 11.7. The number of hydrogen-bond acceptors (Lipinski definition) is 1. The molecule has 0 aliphatic heterocycles. The summed E-state index contributed by atoms with van der Waals surface area (Å²) in [5.74, 6) is -0.824. The number of amides is 1. The van der Waals surface area contributed by atoms with Gasteiger partial charge < -0.3 is 4.90 Å². The molecule has 0 saturated heterocycles. The quantitative estimate of drug-likeness (QED) is 0.618. The molecule has 0 aromatic heterocycles. The summed E-state index contributed by atoms with van der Waals surface area (Å²) in [6.45, 7) is 1.51. The average Bonchev–Trinajstić information content (AvgIpc) is 1.84. The SMILES string of the molecule is CC(CC(F)F)C(=O)N(C)C. The number of hydrogen-bond donors (Lipinski definition) is 0. The van der Waals surface area contributed by atoms with Crippen LogP contribution in [-0.4, -0.2) is 31.3 Å². The maximum Gasteiger partial charge on any atom is 0.239 e. The van der Waals surface area contributed by atoms with Crippen LogP contribution < -0.4 is 0 Å². The van der Waals surface area contributed by atoms with E-state index in [0.717, 1.165) is 0 Å². The van der Waals surface area contributed by atoms with E-state index in [0.29, 0.717) is 0 Å². The lowest BCUT2D eigenvalue weighted by molar-refractivity contribution is -0.133. The fourth-order valence-electron chi connectivity index (χ4n) is 0.809. The van der Waals surface area contributed by atoms with Gasteiger partial charge in [-0.15, -0.1) is 0 Å². The van der Waals surface area contributed by atoms with Crippen molar-refractivity contribution in [2.75, 3.05) is 14.1 Å². The van der Waals surface area contributed by atoms with Gasteiger partial charge in [0.05, 0.1) is 0 Å². The van der Waals surface area contributed by atoms with E-state index in [4.69, 9.17) is 0 Å². The Morgan fingerprint density at radius 1 is 1.45 bits per heavy atom. The molecule has 0 rings (SSSR count). The first-order chi connectivity index (χ1) is 4.95. The van der Waals surface area contributed by atoms with Gasteiger partial charge in [-0.05, 0) is 0 Å². The molecule has 0 fully saturated rings. The zero-order valence-electron chi connectivity index (χ0n) is 6.97. The van der Waals surface area contributed by atoms with Crippen LogP contribution in [-0.2, 0) is 4.79 Å². The second-order valence-electron chi connectivity index (χ2n) is 2.76. The number of carbonyl (C=O) groups excluding carboxylic acids is 1. The number of halogens is 2. The smallest absolute Gasteiger partial charge is 0.239 e. The van der Waals surface area contributed by atoms with Crippen molar-refractivity contribution < 1.29 is 13.6 Å². The topological polar surface area (TPSA) is 20.3 Å². The van der Waals surface area contributed by atoms with Crippen molar-refractivity contribution in [3.8, 4) is 0 Å². The van der Waals surface area contributed by atoms with E-state index in [9.17, 15) is 13.6 Å². The van der Waals surface area contributed by atoms with Crippen LogP contribution in [0.5, 0.6) is 0 Å². The zero-order valence-corrected chi connectivity index (χ0v) is 6.97. The van der Waals surface area contributed by atoms with Crippen molar-refractivity contribution in [3.05, 3.63) is 0 Å². The van der Waals surface area contributed by atoms with Crippen LogP contribution in [0, 0.1) is 5.92 Å². The van der Waals surface area contributed by atoms with Crippen LogP contribution in [0.15, 0.2) is 0 Å². The van der Waals surface area contributed by atoms with Crippen LogP contribution in [0.1, 0.15) is 13.3 Å². The lowest BCUT2D eigenvalue weighted by Gasteiger charge is -2.15. The summed E-state index contributed by atoms with van der Waals surface area (Å²) in [4.78, 5) is 12.3.